The van der Waals surface area contributed by atoms with Gasteiger partial charge in [-0.3, -0.25) is 0 Å². The summed E-state index contributed by atoms with van der Waals surface area (Å²) in [7, 11) is 0. The Labute approximate surface area is 120 Å². The third-order valence-corrected chi connectivity index (χ3v) is 5.95. The van der Waals surface area contributed by atoms with Gasteiger partial charge in [0.15, 0.2) is 0 Å². The van der Waals surface area contributed by atoms with E-state index in [9.17, 15) is 4.79 Å². The molecule has 0 spiro atoms. The first-order chi connectivity index (χ1) is 9.62. The van der Waals surface area contributed by atoms with Crippen molar-refractivity contribution in [3.05, 3.63) is 35.4 Å². The molecule has 0 radical (unpaired) electrons. The number of carbonyl (C=O) groups is 1. The molecular formula is C18H22O2. The van der Waals surface area contributed by atoms with Gasteiger partial charge in [-0.2, -0.15) is 0 Å². The van der Waals surface area contributed by atoms with Gasteiger partial charge in [-0.05, 0) is 85.8 Å². The third-order valence-electron chi connectivity index (χ3n) is 5.95. The molecule has 1 aromatic rings. The maximum absolute atomic E-state index is 10.9. The Kier molecular flexibility index (Phi) is 2.70. The van der Waals surface area contributed by atoms with Crippen LogP contribution in [0.1, 0.15) is 54.4 Å². The molecule has 0 atom stereocenters. The first kappa shape index (κ1) is 12.4. The van der Waals surface area contributed by atoms with Crippen LogP contribution in [-0.4, -0.2) is 11.1 Å². The summed E-state index contributed by atoms with van der Waals surface area (Å²) in [5, 5.41) is 8.98. The number of benzene rings is 1. The molecule has 20 heavy (non-hydrogen) atoms. The molecule has 1 aromatic carbocycles. The molecule has 0 aliphatic heterocycles. The molecular weight excluding hydrogens is 248 g/mol. The highest BCUT2D eigenvalue weighted by atomic mass is 16.4. The highest BCUT2D eigenvalue weighted by Crippen LogP contribution is 2.61. The highest BCUT2D eigenvalue weighted by molar-refractivity contribution is 5.87. The molecule has 4 bridgehead atoms. The lowest BCUT2D eigenvalue weighted by Crippen LogP contribution is -2.47. The minimum absolute atomic E-state index is 0.402. The predicted molar refractivity (Wildman–Crippen MR) is 77.7 cm³/mol. The van der Waals surface area contributed by atoms with E-state index in [2.05, 4.69) is 0 Å². The average Bonchev–Trinajstić information content (AvgIpc) is 2.37. The third kappa shape index (κ3) is 2.06. The fraction of sp³-hybridized carbons (Fsp3) is 0.611. The summed E-state index contributed by atoms with van der Waals surface area (Å²) < 4.78 is 0. The van der Waals surface area contributed by atoms with Crippen LogP contribution in [0.15, 0.2) is 24.3 Å². The van der Waals surface area contributed by atoms with Gasteiger partial charge in [0.25, 0.3) is 0 Å². The molecule has 5 rings (SSSR count). The first-order valence-corrected chi connectivity index (χ1v) is 7.94. The first-order valence-electron chi connectivity index (χ1n) is 7.94. The summed E-state index contributed by atoms with van der Waals surface area (Å²) in [5.74, 6) is 2.13. The van der Waals surface area contributed by atoms with Crippen molar-refractivity contribution in [1.82, 2.24) is 0 Å². The van der Waals surface area contributed by atoms with Crippen LogP contribution in [0.25, 0.3) is 0 Å². The van der Waals surface area contributed by atoms with E-state index in [1.165, 1.54) is 44.1 Å². The van der Waals surface area contributed by atoms with Gasteiger partial charge in [0.2, 0.25) is 0 Å². The van der Waals surface area contributed by atoms with Gasteiger partial charge in [0.05, 0.1) is 5.56 Å². The molecule has 106 valence electrons. The Morgan fingerprint density at radius 3 is 1.95 bits per heavy atom. The molecule has 4 fully saturated rings. The lowest BCUT2D eigenvalue weighted by Gasteiger charge is -2.57. The number of aromatic carboxylic acids is 1. The van der Waals surface area contributed by atoms with Crippen LogP contribution in [0.3, 0.4) is 0 Å². The lowest BCUT2D eigenvalue weighted by molar-refractivity contribution is -0.0521. The molecule has 0 heterocycles. The van der Waals surface area contributed by atoms with Gasteiger partial charge < -0.3 is 5.11 Å². The number of carboxylic acids is 1. The van der Waals surface area contributed by atoms with E-state index in [-0.39, 0.29) is 0 Å². The molecule has 0 unspecified atom stereocenters. The van der Waals surface area contributed by atoms with Crippen LogP contribution in [0.4, 0.5) is 0 Å². The van der Waals surface area contributed by atoms with Crippen LogP contribution in [-0.2, 0) is 6.42 Å². The molecule has 0 amide bonds. The minimum atomic E-state index is -0.827. The normalized spacial score (nSPS) is 38.1. The summed E-state index contributed by atoms with van der Waals surface area (Å²) in [5.41, 5.74) is 2.27. The smallest absolute Gasteiger partial charge is 0.335 e. The second-order valence-electron chi connectivity index (χ2n) is 7.60. The predicted octanol–water partition coefficient (Wildman–Crippen LogP) is 4.14. The summed E-state index contributed by atoms with van der Waals surface area (Å²) in [6, 6.07) is 7.58. The van der Waals surface area contributed by atoms with Crippen LogP contribution < -0.4 is 0 Å². The summed E-state index contributed by atoms with van der Waals surface area (Å²) >= 11 is 0. The number of rotatable bonds is 3. The maximum Gasteiger partial charge on any atom is 0.335 e. The molecule has 0 saturated heterocycles. The molecule has 4 aliphatic carbocycles. The fourth-order valence-corrected chi connectivity index (χ4v) is 5.70. The average molecular weight is 270 g/mol. The monoisotopic (exact) mass is 270 g/mol. The Bertz CT molecular complexity index is 494. The van der Waals surface area contributed by atoms with Crippen LogP contribution in [0.2, 0.25) is 0 Å². The zero-order chi connectivity index (χ0) is 13.7. The molecule has 2 nitrogen and oxygen atoms in total. The van der Waals surface area contributed by atoms with E-state index in [0.717, 1.165) is 24.2 Å². The molecule has 4 saturated carbocycles. The van der Waals surface area contributed by atoms with Crippen LogP contribution in [0.5, 0.6) is 0 Å². The van der Waals surface area contributed by atoms with Crippen LogP contribution in [0, 0.1) is 23.2 Å². The van der Waals surface area contributed by atoms with Crippen molar-refractivity contribution >= 4 is 5.97 Å². The van der Waals surface area contributed by atoms with E-state index < -0.39 is 5.97 Å². The van der Waals surface area contributed by atoms with Crippen molar-refractivity contribution in [2.45, 2.75) is 44.9 Å². The maximum atomic E-state index is 10.9. The van der Waals surface area contributed by atoms with Gasteiger partial charge in [0.1, 0.15) is 0 Å². The van der Waals surface area contributed by atoms with Gasteiger partial charge in [-0.15, -0.1) is 0 Å². The highest BCUT2D eigenvalue weighted by Gasteiger charge is 2.50. The summed E-state index contributed by atoms with van der Waals surface area (Å²) in [6.07, 6.45) is 9.86. The zero-order valence-corrected chi connectivity index (χ0v) is 11.8. The largest absolute Gasteiger partial charge is 0.478 e. The second-order valence-corrected chi connectivity index (χ2v) is 7.60. The van der Waals surface area contributed by atoms with E-state index in [1.54, 1.807) is 12.1 Å². The van der Waals surface area contributed by atoms with Crippen molar-refractivity contribution in [2.75, 3.05) is 0 Å². The Balaban J connectivity index is 1.55. The second kappa shape index (κ2) is 4.34. The lowest BCUT2D eigenvalue weighted by atomic mass is 9.48. The van der Waals surface area contributed by atoms with Crippen molar-refractivity contribution in [3.8, 4) is 0 Å². The van der Waals surface area contributed by atoms with E-state index in [4.69, 9.17) is 5.11 Å². The Morgan fingerprint density at radius 1 is 1.00 bits per heavy atom. The van der Waals surface area contributed by atoms with E-state index in [1.807, 2.05) is 12.1 Å². The van der Waals surface area contributed by atoms with Gasteiger partial charge in [0, 0.05) is 0 Å². The fourth-order valence-electron chi connectivity index (χ4n) is 5.70. The molecule has 4 aliphatic rings. The van der Waals surface area contributed by atoms with Gasteiger partial charge in [-0.25, -0.2) is 4.79 Å². The SMILES string of the molecule is O=C(O)c1ccc(CC23CC4CC(CC(C4)C2)C3)cc1. The van der Waals surface area contributed by atoms with Crippen molar-refractivity contribution in [2.24, 2.45) is 23.2 Å². The molecule has 0 aromatic heterocycles. The Hall–Kier alpha value is -1.31. The summed E-state index contributed by atoms with van der Waals surface area (Å²) in [4.78, 5) is 10.9. The number of hydrogen-bond acceptors (Lipinski definition) is 1. The topological polar surface area (TPSA) is 37.3 Å². The van der Waals surface area contributed by atoms with Crippen LogP contribution >= 0.6 is 0 Å². The number of hydrogen-bond donors (Lipinski definition) is 1. The summed E-state index contributed by atoms with van der Waals surface area (Å²) in [6.45, 7) is 0. The van der Waals surface area contributed by atoms with Gasteiger partial charge in [-0.1, -0.05) is 12.1 Å². The van der Waals surface area contributed by atoms with Gasteiger partial charge >= 0.3 is 5.97 Å². The molecule has 1 N–H and O–H groups in total. The Morgan fingerprint density at radius 2 is 1.50 bits per heavy atom. The number of carboxylic acid groups (broad SMARTS) is 1. The van der Waals surface area contributed by atoms with Crippen molar-refractivity contribution < 1.29 is 9.90 Å². The van der Waals surface area contributed by atoms with E-state index >= 15 is 0 Å². The standard InChI is InChI=1S/C18H22O2/c19-17(20)16-3-1-12(2-4-16)8-18-9-13-5-14(10-18)7-15(6-13)11-18/h1-4,13-15H,5-11H2,(H,19,20). The minimum Gasteiger partial charge on any atom is -0.478 e. The quantitative estimate of drug-likeness (QED) is 0.896. The van der Waals surface area contributed by atoms with E-state index in [0.29, 0.717) is 11.0 Å². The van der Waals surface area contributed by atoms with Crippen molar-refractivity contribution in [1.29, 1.82) is 0 Å². The van der Waals surface area contributed by atoms with Crippen molar-refractivity contribution in [3.63, 3.8) is 0 Å². The molecule has 2 heteroatoms. The zero-order valence-electron chi connectivity index (χ0n) is 11.8.